The third-order valence-electron chi connectivity index (χ3n) is 3.90. The van der Waals surface area contributed by atoms with E-state index in [9.17, 15) is 14.3 Å². The molecule has 1 aromatic carbocycles. The van der Waals surface area contributed by atoms with Crippen LogP contribution in [-0.2, 0) is 0 Å². The van der Waals surface area contributed by atoms with Gasteiger partial charge in [0, 0.05) is 17.7 Å². The van der Waals surface area contributed by atoms with Crippen molar-refractivity contribution in [3.63, 3.8) is 0 Å². The molecule has 0 saturated carbocycles. The van der Waals surface area contributed by atoms with Crippen LogP contribution in [0.2, 0.25) is 0 Å². The van der Waals surface area contributed by atoms with Gasteiger partial charge in [0.1, 0.15) is 6.10 Å². The molecule has 3 rings (SSSR count). The highest BCUT2D eigenvalue weighted by Gasteiger charge is 2.16. The van der Waals surface area contributed by atoms with E-state index in [-0.39, 0.29) is 12.5 Å². The molecule has 0 saturated heterocycles. The van der Waals surface area contributed by atoms with Crippen LogP contribution in [0.4, 0.5) is 4.39 Å². The first-order valence-electron chi connectivity index (χ1n) is 7.90. The lowest BCUT2D eigenvalue weighted by molar-refractivity contribution is 0.0917. The summed E-state index contributed by atoms with van der Waals surface area (Å²) < 4.78 is 13.0. The molecular weight excluding hydrogens is 355 g/mol. The molecule has 0 aliphatic heterocycles. The summed E-state index contributed by atoms with van der Waals surface area (Å²) in [5.41, 5.74) is 4.25. The summed E-state index contributed by atoms with van der Waals surface area (Å²) in [6, 6.07) is 5.21. The number of carbonyl (C=O) groups excluding carboxylic acids is 1. The average molecular weight is 372 g/mol. The number of nitrogens with zero attached hydrogens (tertiary/aromatic N) is 3. The van der Waals surface area contributed by atoms with Gasteiger partial charge in [0.15, 0.2) is 11.6 Å². The number of thiazole rings is 1. The fourth-order valence-electron chi connectivity index (χ4n) is 2.48. The second-order valence-corrected chi connectivity index (χ2v) is 6.67. The normalized spacial score (nSPS) is 12.0. The first-order valence-corrected chi connectivity index (χ1v) is 8.78. The average Bonchev–Trinajstić information content (AvgIpc) is 3.06. The van der Waals surface area contributed by atoms with Gasteiger partial charge in [-0.1, -0.05) is 12.1 Å². The topological polar surface area (TPSA) is 88.0 Å². The zero-order valence-electron chi connectivity index (χ0n) is 14.2. The summed E-state index contributed by atoms with van der Waals surface area (Å²) in [7, 11) is 0. The second kappa shape index (κ2) is 7.67. The van der Waals surface area contributed by atoms with Crippen molar-refractivity contribution < 1.29 is 14.3 Å². The Labute approximate surface area is 153 Å². The summed E-state index contributed by atoms with van der Waals surface area (Å²) >= 11 is 1.35. The zero-order chi connectivity index (χ0) is 18.7. The van der Waals surface area contributed by atoms with E-state index >= 15 is 0 Å². The minimum atomic E-state index is -0.810. The number of benzene rings is 1. The van der Waals surface area contributed by atoms with E-state index in [1.165, 1.54) is 11.3 Å². The number of amides is 1. The summed E-state index contributed by atoms with van der Waals surface area (Å²) in [5, 5.41) is 12.9. The van der Waals surface area contributed by atoms with E-state index in [0.29, 0.717) is 17.0 Å². The van der Waals surface area contributed by atoms with Gasteiger partial charge in [0.05, 0.1) is 28.5 Å². The van der Waals surface area contributed by atoms with Crippen molar-refractivity contribution in [1.29, 1.82) is 0 Å². The van der Waals surface area contributed by atoms with Crippen LogP contribution in [0.1, 0.15) is 32.6 Å². The summed E-state index contributed by atoms with van der Waals surface area (Å²) in [6.07, 6.45) is 1.35. The predicted molar refractivity (Wildman–Crippen MR) is 96.3 cm³/mol. The van der Waals surface area contributed by atoms with Crippen molar-refractivity contribution in [2.24, 2.45) is 0 Å². The SMILES string of the molecule is Cc1ccc(-c2ncc(F)cn2)cc1C(=O)NC[C@H](O)c1scnc1C. The molecule has 2 aromatic heterocycles. The number of aromatic nitrogens is 3. The van der Waals surface area contributed by atoms with Crippen molar-refractivity contribution in [2.75, 3.05) is 6.54 Å². The quantitative estimate of drug-likeness (QED) is 0.719. The Morgan fingerprint density at radius 1 is 1.27 bits per heavy atom. The van der Waals surface area contributed by atoms with Gasteiger partial charge < -0.3 is 10.4 Å². The molecule has 6 nitrogen and oxygen atoms in total. The maximum absolute atomic E-state index is 13.0. The van der Waals surface area contributed by atoms with Crippen LogP contribution in [-0.4, -0.2) is 32.5 Å². The van der Waals surface area contributed by atoms with E-state index < -0.39 is 11.9 Å². The Balaban J connectivity index is 1.75. The molecule has 0 aliphatic rings. The van der Waals surface area contributed by atoms with Crippen LogP contribution in [0.25, 0.3) is 11.4 Å². The number of hydrogen-bond acceptors (Lipinski definition) is 6. The molecule has 0 aliphatic carbocycles. The third kappa shape index (κ3) is 3.92. The Hall–Kier alpha value is -2.71. The molecule has 8 heteroatoms. The lowest BCUT2D eigenvalue weighted by Crippen LogP contribution is -2.29. The zero-order valence-corrected chi connectivity index (χ0v) is 15.0. The number of aryl methyl sites for hydroxylation is 2. The monoisotopic (exact) mass is 372 g/mol. The first kappa shape index (κ1) is 18.1. The fraction of sp³-hybridized carbons (Fsp3) is 0.222. The summed E-state index contributed by atoms with van der Waals surface area (Å²) in [4.78, 5) is 25.2. The van der Waals surface area contributed by atoms with E-state index in [2.05, 4.69) is 20.3 Å². The second-order valence-electron chi connectivity index (χ2n) is 5.78. The molecule has 0 bridgehead atoms. The van der Waals surface area contributed by atoms with Gasteiger partial charge >= 0.3 is 0 Å². The number of halogens is 1. The van der Waals surface area contributed by atoms with E-state index in [1.807, 2.05) is 13.8 Å². The van der Waals surface area contributed by atoms with Gasteiger partial charge in [-0.3, -0.25) is 4.79 Å². The number of hydrogen-bond donors (Lipinski definition) is 2. The van der Waals surface area contributed by atoms with E-state index in [0.717, 1.165) is 28.5 Å². The molecule has 3 aromatic rings. The number of aliphatic hydroxyl groups is 1. The molecule has 0 unspecified atom stereocenters. The van der Waals surface area contributed by atoms with Gasteiger partial charge in [0.2, 0.25) is 0 Å². The largest absolute Gasteiger partial charge is 0.386 e. The first-order chi connectivity index (χ1) is 12.5. The fourth-order valence-corrected chi connectivity index (χ4v) is 3.26. The van der Waals surface area contributed by atoms with Gasteiger partial charge in [0.25, 0.3) is 5.91 Å². The van der Waals surface area contributed by atoms with Crippen LogP contribution < -0.4 is 5.32 Å². The van der Waals surface area contributed by atoms with Crippen molar-refractivity contribution in [2.45, 2.75) is 20.0 Å². The van der Waals surface area contributed by atoms with Gasteiger partial charge in [-0.25, -0.2) is 19.3 Å². The van der Waals surface area contributed by atoms with Crippen molar-refractivity contribution in [3.8, 4) is 11.4 Å². The maximum Gasteiger partial charge on any atom is 0.251 e. The third-order valence-corrected chi connectivity index (χ3v) is 4.93. The molecule has 1 amide bonds. The lowest BCUT2D eigenvalue weighted by Gasteiger charge is -2.13. The van der Waals surface area contributed by atoms with Crippen LogP contribution >= 0.6 is 11.3 Å². The van der Waals surface area contributed by atoms with E-state index in [1.54, 1.807) is 23.7 Å². The molecule has 2 N–H and O–H groups in total. The van der Waals surface area contributed by atoms with Gasteiger partial charge in [-0.05, 0) is 25.5 Å². The van der Waals surface area contributed by atoms with Crippen molar-refractivity contribution in [3.05, 3.63) is 63.6 Å². The molecule has 0 spiro atoms. The highest BCUT2D eigenvalue weighted by atomic mass is 32.1. The maximum atomic E-state index is 13.0. The molecule has 0 radical (unpaired) electrons. The van der Waals surface area contributed by atoms with Crippen LogP contribution in [0.5, 0.6) is 0 Å². The van der Waals surface area contributed by atoms with Gasteiger partial charge in [-0.15, -0.1) is 11.3 Å². The number of carbonyl (C=O) groups is 1. The molecule has 26 heavy (non-hydrogen) atoms. The molecule has 2 heterocycles. The lowest BCUT2D eigenvalue weighted by atomic mass is 10.0. The molecule has 1 atom stereocenters. The Bertz CT molecular complexity index is 927. The highest BCUT2D eigenvalue weighted by molar-refractivity contribution is 7.09. The Morgan fingerprint density at radius 3 is 2.65 bits per heavy atom. The standard InChI is InChI=1S/C18H17FN4O2S/c1-10-3-4-12(17-20-6-13(19)7-21-17)5-14(10)18(25)22-8-15(24)16-11(2)23-9-26-16/h3-7,9,15,24H,8H2,1-2H3,(H,22,25)/t15-/m0/s1. The molecule has 134 valence electrons. The predicted octanol–water partition coefficient (Wildman–Crippen LogP) is 2.82. The smallest absolute Gasteiger partial charge is 0.251 e. The van der Waals surface area contributed by atoms with Crippen LogP contribution in [0.15, 0.2) is 36.1 Å². The Morgan fingerprint density at radius 2 is 2.00 bits per heavy atom. The minimum Gasteiger partial charge on any atom is -0.386 e. The number of aliphatic hydroxyl groups excluding tert-OH is 1. The highest BCUT2D eigenvalue weighted by Crippen LogP contribution is 2.22. The Kier molecular flexibility index (Phi) is 5.34. The minimum absolute atomic E-state index is 0.0819. The van der Waals surface area contributed by atoms with E-state index in [4.69, 9.17) is 0 Å². The number of rotatable bonds is 5. The van der Waals surface area contributed by atoms with Gasteiger partial charge in [-0.2, -0.15) is 0 Å². The van der Waals surface area contributed by atoms with Crippen LogP contribution in [0.3, 0.4) is 0 Å². The molecule has 0 fully saturated rings. The van der Waals surface area contributed by atoms with Crippen LogP contribution in [0, 0.1) is 19.7 Å². The van der Waals surface area contributed by atoms with Crippen molar-refractivity contribution in [1.82, 2.24) is 20.3 Å². The summed E-state index contributed by atoms with van der Waals surface area (Å²) in [6.45, 7) is 3.71. The number of nitrogens with one attached hydrogen (secondary N) is 1. The molecular formula is C18H17FN4O2S. The summed E-state index contributed by atoms with van der Waals surface area (Å²) in [5.74, 6) is -0.500. The van der Waals surface area contributed by atoms with Crippen molar-refractivity contribution >= 4 is 17.2 Å².